The Morgan fingerprint density at radius 3 is 2.57 bits per heavy atom. The molecule has 2 aromatic rings. The molecule has 4 rings (SSSR count). The van der Waals surface area contributed by atoms with Gasteiger partial charge in [0.2, 0.25) is 0 Å². The van der Waals surface area contributed by atoms with Crippen molar-refractivity contribution in [3.8, 4) is 0 Å². The lowest BCUT2D eigenvalue weighted by molar-refractivity contribution is -0.138. The number of benzene rings is 1. The molecule has 2 fully saturated rings. The molecule has 0 saturated heterocycles. The van der Waals surface area contributed by atoms with Crippen LogP contribution in [0.5, 0.6) is 0 Å². The largest absolute Gasteiger partial charge is 0.418 e. The minimum Gasteiger partial charge on any atom is -0.346 e. The first kappa shape index (κ1) is 18.9. The Labute approximate surface area is 161 Å². The fourth-order valence-electron chi connectivity index (χ4n) is 3.41. The molecule has 0 radical (unpaired) electrons. The number of nitrogens with one attached hydrogen (secondary N) is 2. The summed E-state index contributed by atoms with van der Waals surface area (Å²) >= 11 is 0. The molecule has 2 aliphatic carbocycles. The van der Waals surface area contributed by atoms with Crippen molar-refractivity contribution >= 4 is 5.91 Å². The lowest BCUT2D eigenvalue weighted by Gasteiger charge is -2.12. The van der Waals surface area contributed by atoms with Gasteiger partial charge in [0.15, 0.2) is 0 Å². The van der Waals surface area contributed by atoms with Crippen LogP contribution < -0.4 is 10.6 Å². The summed E-state index contributed by atoms with van der Waals surface area (Å²) in [7, 11) is 0. The van der Waals surface area contributed by atoms with Crippen LogP contribution in [0.2, 0.25) is 0 Å². The molecule has 2 saturated carbocycles. The van der Waals surface area contributed by atoms with Crippen LogP contribution in [0.3, 0.4) is 0 Å². The highest BCUT2D eigenvalue weighted by Crippen LogP contribution is 2.41. The molecule has 2 aliphatic rings. The number of alkyl halides is 3. The Bertz CT molecular complexity index is 847. The number of aromatic nitrogens is 1. The highest BCUT2D eigenvalue weighted by atomic mass is 19.4. The van der Waals surface area contributed by atoms with Gasteiger partial charge < -0.3 is 10.6 Å². The van der Waals surface area contributed by atoms with E-state index in [2.05, 4.69) is 15.6 Å². The van der Waals surface area contributed by atoms with Crippen molar-refractivity contribution in [3.05, 3.63) is 65.0 Å². The van der Waals surface area contributed by atoms with Crippen molar-refractivity contribution in [1.82, 2.24) is 15.6 Å². The van der Waals surface area contributed by atoms with Crippen LogP contribution in [-0.4, -0.2) is 23.5 Å². The van der Waals surface area contributed by atoms with Crippen LogP contribution in [-0.2, 0) is 12.7 Å². The van der Waals surface area contributed by atoms with Crippen LogP contribution in [0.25, 0.3) is 0 Å². The van der Waals surface area contributed by atoms with E-state index in [0.717, 1.165) is 24.9 Å². The Balaban J connectivity index is 1.32. The third kappa shape index (κ3) is 4.52. The summed E-state index contributed by atoms with van der Waals surface area (Å²) in [6.07, 6.45) is 0.561. The fourth-order valence-corrected chi connectivity index (χ4v) is 3.41. The molecular formula is C21H22F3N3O. The lowest BCUT2D eigenvalue weighted by atomic mass is 10.1. The summed E-state index contributed by atoms with van der Waals surface area (Å²) in [5.41, 5.74) is 0.594. The van der Waals surface area contributed by atoms with Crippen LogP contribution in [0.4, 0.5) is 13.2 Å². The number of nitrogens with zero attached hydrogens (tertiary/aromatic N) is 1. The number of halogens is 3. The first-order chi connectivity index (χ1) is 13.4. The van der Waals surface area contributed by atoms with Gasteiger partial charge in [-0.3, -0.25) is 9.78 Å². The molecule has 1 heterocycles. The summed E-state index contributed by atoms with van der Waals surface area (Å²) in [6, 6.07) is 10.0. The average Bonchev–Trinajstić information content (AvgIpc) is 3.59. The number of hydrogen-bond donors (Lipinski definition) is 2. The molecule has 1 aromatic carbocycles. The summed E-state index contributed by atoms with van der Waals surface area (Å²) in [5.74, 6) is 0.924. The third-order valence-corrected chi connectivity index (χ3v) is 5.37. The number of amides is 1. The summed E-state index contributed by atoms with van der Waals surface area (Å²) in [5, 5.41) is 6.11. The maximum atomic E-state index is 13.0. The van der Waals surface area contributed by atoms with E-state index in [1.54, 1.807) is 12.1 Å². The van der Waals surface area contributed by atoms with E-state index in [4.69, 9.17) is 0 Å². The first-order valence-corrected chi connectivity index (χ1v) is 9.54. The smallest absolute Gasteiger partial charge is 0.346 e. The summed E-state index contributed by atoms with van der Waals surface area (Å²) < 4.78 is 39.0. The maximum Gasteiger partial charge on any atom is 0.418 e. The van der Waals surface area contributed by atoms with Crippen molar-refractivity contribution in [2.24, 2.45) is 5.92 Å². The average molecular weight is 389 g/mol. The standard InChI is InChI=1S/C21H22F3N3O/c22-21(23,24)17-2-1-9-25-19(17)12-27-20(28)15-7-5-14(6-8-15)16-10-18(16)26-11-13-3-4-13/h1-2,5-9,13,16,18,26H,3-4,10-12H2,(H,27,28)/t16-,18+/m0/s1. The van der Waals surface area contributed by atoms with E-state index in [1.807, 2.05) is 12.1 Å². The quantitative estimate of drug-likeness (QED) is 0.756. The van der Waals surface area contributed by atoms with Crippen LogP contribution in [0.1, 0.15) is 52.4 Å². The van der Waals surface area contributed by atoms with Gasteiger partial charge in [0.05, 0.1) is 17.8 Å². The minimum absolute atomic E-state index is 0.192. The zero-order valence-corrected chi connectivity index (χ0v) is 15.3. The number of hydrogen-bond acceptors (Lipinski definition) is 3. The maximum absolute atomic E-state index is 13.0. The minimum atomic E-state index is -4.50. The molecule has 148 valence electrons. The van der Waals surface area contributed by atoms with Crippen molar-refractivity contribution in [3.63, 3.8) is 0 Å². The van der Waals surface area contributed by atoms with E-state index >= 15 is 0 Å². The van der Waals surface area contributed by atoms with Gasteiger partial charge in [0.25, 0.3) is 5.91 Å². The molecule has 0 bridgehead atoms. The number of rotatable bonds is 7. The van der Waals surface area contributed by atoms with Crippen molar-refractivity contribution in [2.45, 2.75) is 43.9 Å². The monoisotopic (exact) mass is 389 g/mol. The molecule has 1 amide bonds. The SMILES string of the molecule is O=C(NCc1ncccc1C(F)(F)F)c1ccc([C@@H]2C[C@H]2NCC2CC2)cc1. The summed E-state index contributed by atoms with van der Waals surface area (Å²) in [6.45, 7) is 0.821. The predicted molar refractivity (Wildman–Crippen MR) is 98.7 cm³/mol. The molecule has 1 aromatic heterocycles. The third-order valence-electron chi connectivity index (χ3n) is 5.37. The number of carbonyl (C=O) groups is 1. The van der Waals surface area contributed by atoms with Crippen LogP contribution in [0.15, 0.2) is 42.6 Å². The normalized spacial score (nSPS) is 21.4. The Morgan fingerprint density at radius 2 is 1.89 bits per heavy atom. The lowest BCUT2D eigenvalue weighted by Crippen LogP contribution is -2.25. The second-order valence-corrected chi connectivity index (χ2v) is 7.60. The van der Waals surface area contributed by atoms with E-state index in [0.29, 0.717) is 17.5 Å². The van der Waals surface area contributed by atoms with Gasteiger partial charge in [-0.2, -0.15) is 13.2 Å². The van der Waals surface area contributed by atoms with E-state index in [1.165, 1.54) is 30.7 Å². The highest BCUT2D eigenvalue weighted by Gasteiger charge is 2.39. The molecule has 7 heteroatoms. The molecule has 4 nitrogen and oxygen atoms in total. The van der Waals surface area contributed by atoms with E-state index in [9.17, 15) is 18.0 Å². The zero-order chi connectivity index (χ0) is 19.7. The van der Waals surface area contributed by atoms with Gasteiger partial charge in [0.1, 0.15) is 0 Å². The molecular weight excluding hydrogens is 367 g/mol. The highest BCUT2D eigenvalue weighted by molar-refractivity contribution is 5.94. The van der Waals surface area contributed by atoms with Gasteiger partial charge in [-0.15, -0.1) is 0 Å². The second-order valence-electron chi connectivity index (χ2n) is 7.60. The van der Waals surface area contributed by atoms with Crippen LogP contribution in [0, 0.1) is 5.92 Å². The summed E-state index contributed by atoms with van der Waals surface area (Å²) in [4.78, 5) is 16.0. The molecule has 0 aliphatic heterocycles. The van der Waals surface area contributed by atoms with E-state index in [-0.39, 0.29) is 12.2 Å². The van der Waals surface area contributed by atoms with Gasteiger partial charge in [-0.25, -0.2) is 0 Å². The van der Waals surface area contributed by atoms with Gasteiger partial charge in [-0.05, 0) is 61.6 Å². The Kier molecular flexibility index (Phi) is 5.10. The molecule has 2 atom stereocenters. The zero-order valence-electron chi connectivity index (χ0n) is 15.3. The van der Waals surface area contributed by atoms with Gasteiger partial charge >= 0.3 is 6.18 Å². The van der Waals surface area contributed by atoms with Crippen molar-refractivity contribution < 1.29 is 18.0 Å². The fraction of sp³-hybridized carbons (Fsp3) is 0.429. The van der Waals surface area contributed by atoms with Crippen molar-refractivity contribution in [1.29, 1.82) is 0 Å². The number of pyridine rings is 1. The second kappa shape index (κ2) is 7.54. The van der Waals surface area contributed by atoms with Gasteiger partial charge in [0, 0.05) is 23.7 Å². The van der Waals surface area contributed by atoms with Crippen LogP contribution >= 0.6 is 0 Å². The Hall–Kier alpha value is -2.41. The molecule has 28 heavy (non-hydrogen) atoms. The molecule has 2 N–H and O–H groups in total. The van der Waals surface area contributed by atoms with E-state index < -0.39 is 17.6 Å². The first-order valence-electron chi connectivity index (χ1n) is 9.54. The predicted octanol–water partition coefficient (Wildman–Crippen LogP) is 3.89. The topological polar surface area (TPSA) is 54.0 Å². The molecule has 0 spiro atoms. The van der Waals surface area contributed by atoms with Gasteiger partial charge in [-0.1, -0.05) is 12.1 Å². The molecule has 0 unspecified atom stereocenters. The Morgan fingerprint density at radius 1 is 1.14 bits per heavy atom. The van der Waals surface area contributed by atoms with Crippen molar-refractivity contribution in [2.75, 3.05) is 6.54 Å². The number of carbonyl (C=O) groups excluding carboxylic acids is 1.